The van der Waals surface area contributed by atoms with E-state index in [9.17, 15) is 15.0 Å². The van der Waals surface area contributed by atoms with Gasteiger partial charge in [0, 0.05) is 6.61 Å². The third kappa shape index (κ3) is 15.8. The SMILES string of the molecule is CCCCCCCCCCCCCCCCC(OCCCc1ccc(O)cc1)C(=O)O. The summed E-state index contributed by atoms with van der Waals surface area (Å²) in [6.45, 7) is 2.72. The second-order valence-corrected chi connectivity index (χ2v) is 8.85. The molecule has 1 atom stereocenters. The molecule has 0 heterocycles. The Morgan fingerprint density at radius 3 is 1.74 bits per heavy atom. The highest BCUT2D eigenvalue weighted by atomic mass is 16.5. The molecule has 0 fully saturated rings. The lowest BCUT2D eigenvalue weighted by Crippen LogP contribution is -2.24. The van der Waals surface area contributed by atoms with E-state index in [1.165, 1.54) is 77.0 Å². The maximum atomic E-state index is 11.4. The third-order valence-electron chi connectivity index (χ3n) is 5.96. The van der Waals surface area contributed by atoms with Crippen LogP contribution in [0.5, 0.6) is 5.75 Å². The molecule has 1 rings (SSSR count). The fraction of sp³-hybridized carbons (Fsp3) is 0.741. The predicted molar refractivity (Wildman–Crippen MR) is 129 cm³/mol. The van der Waals surface area contributed by atoms with E-state index in [2.05, 4.69) is 6.92 Å². The van der Waals surface area contributed by atoms with Crippen LogP contribution < -0.4 is 0 Å². The zero-order chi connectivity index (χ0) is 22.6. The van der Waals surface area contributed by atoms with E-state index >= 15 is 0 Å². The van der Waals surface area contributed by atoms with Gasteiger partial charge in [-0.25, -0.2) is 4.79 Å². The molecule has 0 aliphatic heterocycles. The summed E-state index contributed by atoms with van der Waals surface area (Å²) >= 11 is 0. The van der Waals surface area contributed by atoms with Gasteiger partial charge in [0.25, 0.3) is 0 Å². The zero-order valence-electron chi connectivity index (χ0n) is 19.8. The molecular weight excluding hydrogens is 388 g/mol. The average Bonchev–Trinajstić information content (AvgIpc) is 2.76. The van der Waals surface area contributed by atoms with Crippen molar-refractivity contribution in [1.29, 1.82) is 0 Å². The summed E-state index contributed by atoms with van der Waals surface area (Å²) < 4.78 is 5.61. The Morgan fingerprint density at radius 1 is 0.774 bits per heavy atom. The van der Waals surface area contributed by atoms with Crippen LogP contribution in [0, 0.1) is 0 Å². The fourth-order valence-corrected chi connectivity index (χ4v) is 3.97. The molecule has 31 heavy (non-hydrogen) atoms. The lowest BCUT2D eigenvalue weighted by molar-refractivity contribution is -0.151. The molecule has 4 nitrogen and oxygen atoms in total. The zero-order valence-corrected chi connectivity index (χ0v) is 19.8. The van der Waals surface area contributed by atoms with Gasteiger partial charge in [-0.2, -0.15) is 0 Å². The van der Waals surface area contributed by atoms with Gasteiger partial charge in [-0.1, -0.05) is 109 Å². The number of carbonyl (C=O) groups is 1. The van der Waals surface area contributed by atoms with E-state index in [1.807, 2.05) is 12.1 Å². The molecule has 0 saturated carbocycles. The Hall–Kier alpha value is -1.55. The molecule has 0 aliphatic carbocycles. The number of phenolic OH excluding ortho intramolecular Hbond substituents is 1. The summed E-state index contributed by atoms with van der Waals surface area (Å²) in [4.78, 5) is 11.4. The molecule has 0 spiro atoms. The minimum atomic E-state index is -0.848. The van der Waals surface area contributed by atoms with Crippen molar-refractivity contribution in [3.63, 3.8) is 0 Å². The number of benzene rings is 1. The van der Waals surface area contributed by atoms with Gasteiger partial charge >= 0.3 is 5.97 Å². The molecule has 178 valence electrons. The normalized spacial score (nSPS) is 12.2. The summed E-state index contributed by atoms with van der Waals surface area (Å²) in [7, 11) is 0. The highest BCUT2D eigenvalue weighted by molar-refractivity contribution is 5.72. The number of rotatable bonds is 21. The van der Waals surface area contributed by atoms with Crippen LogP contribution in [-0.4, -0.2) is 28.9 Å². The van der Waals surface area contributed by atoms with Crippen LogP contribution in [0.2, 0.25) is 0 Å². The van der Waals surface area contributed by atoms with Crippen molar-refractivity contribution in [2.75, 3.05) is 6.61 Å². The molecule has 0 saturated heterocycles. The van der Waals surface area contributed by atoms with Crippen molar-refractivity contribution < 1.29 is 19.7 Å². The fourth-order valence-electron chi connectivity index (χ4n) is 3.97. The molecule has 0 amide bonds. The van der Waals surface area contributed by atoms with Crippen LogP contribution in [0.3, 0.4) is 0 Å². The predicted octanol–water partition coefficient (Wildman–Crippen LogP) is 7.67. The number of aryl methyl sites for hydroxylation is 1. The van der Waals surface area contributed by atoms with Gasteiger partial charge in [0.15, 0.2) is 6.10 Å². The van der Waals surface area contributed by atoms with Crippen molar-refractivity contribution in [3.05, 3.63) is 29.8 Å². The van der Waals surface area contributed by atoms with E-state index in [1.54, 1.807) is 12.1 Å². The van der Waals surface area contributed by atoms with E-state index in [-0.39, 0.29) is 5.75 Å². The van der Waals surface area contributed by atoms with Crippen molar-refractivity contribution in [2.24, 2.45) is 0 Å². The van der Waals surface area contributed by atoms with E-state index in [0.717, 1.165) is 31.2 Å². The molecule has 4 heteroatoms. The van der Waals surface area contributed by atoms with Crippen LogP contribution in [0.1, 0.15) is 115 Å². The van der Waals surface area contributed by atoms with E-state index < -0.39 is 12.1 Å². The number of aliphatic carboxylic acids is 1. The first-order valence-electron chi connectivity index (χ1n) is 12.8. The van der Waals surface area contributed by atoms with Crippen LogP contribution in [0.15, 0.2) is 24.3 Å². The second kappa shape index (κ2) is 19.2. The van der Waals surface area contributed by atoms with Gasteiger partial charge in [-0.15, -0.1) is 0 Å². The summed E-state index contributed by atoms with van der Waals surface area (Å²) in [5, 5.41) is 18.7. The highest BCUT2D eigenvalue weighted by Crippen LogP contribution is 2.15. The van der Waals surface area contributed by atoms with Crippen molar-refractivity contribution >= 4 is 5.97 Å². The number of phenols is 1. The summed E-state index contributed by atoms with van der Waals surface area (Å²) in [5.74, 6) is -0.585. The van der Waals surface area contributed by atoms with Crippen LogP contribution in [0.4, 0.5) is 0 Å². The smallest absolute Gasteiger partial charge is 0.332 e. The first-order valence-corrected chi connectivity index (χ1v) is 12.8. The molecule has 0 bridgehead atoms. The Balaban J connectivity index is 1.93. The molecule has 2 N–H and O–H groups in total. The minimum Gasteiger partial charge on any atom is -0.508 e. The van der Waals surface area contributed by atoms with Crippen LogP contribution >= 0.6 is 0 Å². The standard InChI is InChI=1S/C27H46O4/c1-2-3-4-5-6-7-8-9-10-11-12-13-14-15-18-26(27(29)30)31-23-16-17-24-19-21-25(28)22-20-24/h19-22,26,28H,2-18,23H2,1H3,(H,29,30). The number of unbranched alkanes of at least 4 members (excludes halogenated alkanes) is 13. The molecule has 0 radical (unpaired) electrons. The quantitative estimate of drug-likeness (QED) is 0.195. The second-order valence-electron chi connectivity index (χ2n) is 8.85. The number of ether oxygens (including phenoxy) is 1. The number of carboxylic acid groups (broad SMARTS) is 1. The van der Waals surface area contributed by atoms with Crippen molar-refractivity contribution in [2.45, 2.75) is 122 Å². The van der Waals surface area contributed by atoms with Gasteiger partial charge in [0.05, 0.1) is 0 Å². The Morgan fingerprint density at radius 2 is 1.26 bits per heavy atom. The molecular formula is C27H46O4. The van der Waals surface area contributed by atoms with Crippen LogP contribution in [-0.2, 0) is 16.0 Å². The number of hydrogen-bond acceptors (Lipinski definition) is 3. The lowest BCUT2D eigenvalue weighted by atomic mass is 10.0. The lowest BCUT2D eigenvalue weighted by Gasteiger charge is -2.13. The highest BCUT2D eigenvalue weighted by Gasteiger charge is 2.17. The van der Waals surface area contributed by atoms with Gasteiger partial charge in [0.2, 0.25) is 0 Å². The van der Waals surface area contributed by atoms with Gasteiger partial charge in [0.1, 0.15) is 5.75 Å². The molecule has 0 aliphatic rings. The first kappa shape index (κ1) is 27.5. The van der Waals surface area contributed by atoms with E-state index in [4.69, 9.17) is 4.74 Å². The molecule has 1 aromatic carbocycles. The largest absolute Gasteiger partial charge is 0.508 e. The maximum Gasteiger partial charge on any atom is 0.332 e. The third-order valence-corrected chi connectivity index (χ3v) is 5.96. The maximum absolute atomic E-state index is 11.4. The van der Waals surface area contributed by atoms with Gasteiger partial charge < -0.3 is 14.9 Å². The number of carboxylic acids is 1. The molecule has 1 aromatic rings. The average molecular weight is 435 g/mol. The minimum absolute atomic E-state index is 0.263. The van der Waals surface area contributed by atoms with Gasteiger partial charge in [-0.3, -0.25) is 0 Å². The summed E-state index contributed by atoms with van der Waals surface area (Å²) in [6, 6.07) is 7.12. The van der Waals surface area contributed by atoms with Gasteiger partial charge in [-0.05, 0) is 37.0 Å². The van der Waals surface area contributed by atoms with E-state index in [0.29, 0.717) is 13.0 Å². The Kier molecular flexibility index (Phi) is 17.0. The summed E-state index contributed by atoms with van der Waals surface area (Å²) in [5.41, 5.74) is 1.13. The topological polar surface area (TPSA) is 66.8 Å². The Labute approximate surface area is 190 Å². The first-order chi connectivity index (χ1) is 15.1. The number of hydrogen-bond donors (Lipinski definition) is 2. The monoisotopic (exact) mass is 434 g/mol. The Bertz CT molecular complexity index is 541. The van der Waals surface area contributed by atoms with Crippen molar-refractivity contribution in [1.82, 2.24) is 0 Å². The molecule has 0 aromatic heterocycles. The molecule has 1 unspecified atom stereocenters. The number of aromatic hydroxyl groups is 1. The van der Waals surface area contributed by atoms with Crippen molar-refractivity contribution in [3.8, 4) is 5.75 Å². The summed E-state index contributed by atoms with van der Waals surface area (Å²) in [6.07, 6.45) is 19.8. The van der Waals surface area contributed by atoms with Crippen LogP contribution in [0.25, 0.3) is 0 Å².